The zero-order valence-electron chi connectivity index (χ0n) is 13.7. The third-order valence-corrected chi connectivity index (χ3v) is 4.86. The topological polar surface area (TPSA) is 41.1 Å². The largest absolute Gasteiger partial charge is 0.350 e. The van der Waals surface area contributed by atoms with Gasteiger partial charge in [0, 0.05) is 15.9 Å². The van der Waals surface area contributed by atoms with Gasteiger partial charge in [0.15, 0.2) is 0 Å². The van der Waals surface area contributed by atoms with Crippen LogP contribution in [0.3, 0.4) is 0 Å². The predicted molar refractivity (Wildman–Crippen MR) is 97.8 cm³/mol. The maximum Gasteiger partial charge on any atom is 0.237 e. The van der Waals surface area contributed by atoms with E-state index in [4.69, 9.17) is 11.6 Å². The Bertz CT molecular complexity index is 610. The van der Waals surface area contributed by atoms with Crippen molar-refractivity contribution in [2.45, 2.75) is 39.4 Å². The lowest BCUT2D eigenvalue weighted by atomic mass is 9.95. The molecule has 0 bridgehead atoms. The molecule has 0 aliphatic carbocycles. The van der Waals surface area contributed by atoms with Crippen LogP contribution in [0.15, 0.2) is 41.8 Å². The van der Waals surface area contributed by atoms with Crippen LogP contribution in [0.2, 0.25) is 5.02 Å². The molecule has 2 rings (SSSR count). The van der Waals surface area contributed by atoms with Gasteiger partial charge in [-0.15, -0.1) is 11.3 Å². The summed E-state index contributed by atoms with van der Waals surface area (Å²) >= 11 is 7.60. The number of halogens is 1. The van der Waals surface area contributed by atoms with E-state index in [9.17, 15) is 4.79 Å². The van der Waals surface area contributed by atoms with E-state index >= 15 is 0 Å². The summed E-state index contributed by atoms with van der Waals surface area (Å²) in [5.74, 6) is 0.377. The fourth-order valence-electron chi connectivity index (χ4n) is 2.43. The molecule has 2 N–H and O–H groups in total. The van der Waals surface area contributed by atoms with E-state index in [0.29, 0.717) is 12.5 Å². The van der Waals surface area contributed by atoms with Gasteiger partial charge < -0.3 is 5.32 Å². The van der Waals surface area contributed by atoms with Crippen LogP contribution in [0, 0.1) is 5.92 Å². The molecule has 0 spiro atoms. The molecule has 2 atom stereocenters. The fourth-order valence-corrected chi connectivity index (χ4v) is 3.20. The van der Waals surface area contributed by atoms with Crippen LogP contribution in [0.4, 0.5) is 0 Å². The summed E-state index contributed by atoms with van der Waals surface area (Å²) in [5, 5.41) is 9.14. The maximum absolute atomic E-state index is 12.3. The summed E-state index contributed by atoms with van der Waals surface area (Å²) in [6.07, 6.45) is 0. The Morgan fingerprint density at radius 1 is 1.17 bits per heavy atom. The summed E-state index contributed by atoms with van der Waals surface area (Å²) < 4.78 is 0. The quantitative estimate of drug-likeness (QED) is 0.777. The van der Waals surface area contributed by atoms with Crippen LogP contribution in [-0.4, -0.2) is 11.9 Å². The molecule has 0 radical (unpaired) electrons. The normalized spacial score (nSPS) is 13.8. The maximum atomic E-state index is 12.3. The van der Waals surface area contributed by atoms with Crippen LogP contribution >= 0.6 is 22.9 Å². The molecule has 0 aliphatic heterocycles. The van der Waals surface area contributed by atoms with Crippen molar-refractivity contribution >= 4 is 28.8 Å². The number of hydrogen-bond donors (Lipinski definition) is 2. The van der Waals surface area contributed by atoms with E-state index < -0.39 is 0 Å². The number of benzene rings is 1. The third kappa shape index (κ3) is 5.34. The van der Waals surface area contributed by atoms with Crippen molar-refractivity contribution in [3.05, 3.63) is 57.2 Å². The van der Waals surface area contributed by atoms with Gasteiger partial charge >= 0.3 is 0 Å². The molecule has 1 heterocycles. The van der Waals surface area contributed by atoms with Crippen molar-refractivity contribution in [1.29, 1.82) is 0 Å². The summed E-state index contributed by atoms with van der Waals surface area (Å²) in [6.45, 7) is 6.76. The summed E-state index contributed by atoms with van der Waals surface area (Å²) in [5.41, 5.74) is 1.14. The molecular formula is C18H23ClN2OS. The number of nitrogens with one attached hydrogen (secondary N) is 2. The van der Waals surface area contributed by atoms with Crippen molar-refractivity contribution in [2.75, 3.05) is 0 Å². The van der Waals surface area contributed by atoms with Crippen LogP contribution in [-0.2, 0) is 11.3 Å². The van der Waals surface area contributed by atoms with E-state index in [0.717, 1.165) is 15.5 Å². The van der Waals surface area contributed by atoms with Gasteiger partial charge in [0.25, 0.3) is 0 Å². The highest BCUT2D eigenvalue weighted by Crippen LogP contribution is 2.23. The number of thiophene rings is 1. The smallest absolute Gasteiger partial charge is 0.237 e. The van der Waals surface area contributed by atoms with Crippen LogP contribution in [0.1, 0.15) is 37.3 Å². The molecular weight excluding hydrogens is 328 g/mol. The number of carbonyl (C=O) groups excluding carboxylic acids is 1. The lowest BCUT2D eigenvalue weighted by Crippen LogP contribution is -2.44. The van der Waals surface area contributed by atoms with Gasteiger partial charge in [-0.2, -0.15) is 0 Å². The zero-order valence-corrected chi connectivity index (χ0v) is 15.2. The van der Waals surface area contributed by atoms with Gasteiger partial charge in [-0.25, -0.2) is 0 Å². The van der Waals surface area contributed by atoms with Gasteiger partial charge in [-0.05, 0) is 42.0 Å². The van der Waals surface area contributed by atoms with Crippen LogP contribution < -0.4 is 10.6 Å². The van der Waals surface area contributed by atoms with Crippen molar-refractivity contribution in [3.63, 3.8) is 0 Å². The molecule has 5 heteroatoms. The van der Waals surface area contributed by atoms with Crippen LogP contribution in [0.5, 0.6) is 0 Å². The summed E-state index contributed by atoms with van der Waals surface area (Å²) in [6, 6.07) is 11.6. The fraction of sp³-hybridized carbons (Fsp3) is 0.389. The molecule has 1 aromatic carbocycles. The van der Waals surface area contributed by atoms with Gasteiger partial charge in [0.05, 0.1) is 12.6 Å². The molecule has 1 aromatic heterocycles. The minimum Gasteiger partial charge on any atom is -0.350 e. The van der Waals surface area contributed by atoms with Crippen LogP contribution in [0.25, 0.3) is 0 Å². The van der Waals surface area contributed by atoms with Crippen molar-refractivity contribution < 1.29 is 4.79 Å². The predicted octanol–water partition coefficient (Wildman–Crippen LogP) is 4.39. The minimum atomic E-state index is -0.266. The molecule has 0 saturated carbocycles. The Balaban J connectivity index is 1.95. The number of carbonyl (C=O) groups is 1. The number of rotatable bonds is 7. The Morgan fingerprint density at radius 3 is 2.43 bits per heavy atom. The van der Waals surface area contributed by atoms with E-state index in [1.54, 1.807) is 11.3 Å². The second-order valence-electron chi connectivity index (χ2n) is 5.96. The van der Waals surface area contributed by atoms with Crippen molar-refractivity contribution in [3.8, 4) is 0 Å². The van der Waals surface area contributed by atoms with Crippen molar-refractivity contribution in [1.82, 2.24) is 10.6 Å². The number of amides is 1. The Hall–Kier alpha value is -1.36. The molecule has 124 valence electrons. The first-order valence-electron chi connectivity index (χ1n) is 7.79. The van der Waals surface area contributed by atoms with Gasteiger partial charge in [-0.1, -0.05) is 43.6 Å². The van der Waals surface area contributed by atoms with E-state index in [-0.39, 0.29) is 18.0 Å². The van der Waals surface area contributed by atoms with Gasteiger partial charge in [0.1, 0.15) is 0 Å². The lowest BCUT2D eigenvalue weighted by molar-refractivity contribution is -0.123. The molecule has 3 nitrogen and oxygen atoms in total. The van der Waals surface area contributed by atoms with E-state index in [2.05, 4.69) is 24.5 Å². The number of hydrogen-bond acceptors (Lipinski definition) is 3. The highest BCUT2D eigenvalue weighted by molar-refractivity contribution is 7.09. The highest BCUT2D eigenvalue weighted by Gasteiger charge is 2.21. The average molecular weight is 351 g/mol. The SMILES string of the molecule is CC(C)[C@@H](N[C@@H](C)C(=O)NCc1cccs1)c1ccc(Cl)cc1. The first kappa shape index (κ1) is 18.0. The van der Waals surface area contributed by atoms with Gasteiger partial charge in [-0.3, -0.25) is 10.1 Å². The van der Waals surface area contributed by atoms with Gasteiger partial charge in [0.2, 0.25) is 5.91 Å². The first-order valence-corrected chi connectivity index (χ1v) is 9.04. The second-order valence-corrected chi connectivity index (χ2v) is 7.43. The monoisotopic (exact) mass is 350 g/mol. The van der Waals surface area contributed by atoms with E-state index in [1.807, 2.05) is 48.7 Å². The molecule has 1 amide bonds. The molecule has 0 aliphatic rings. The zero-order chi connectivity index (χ0) is 16.8. The molecule has 2 aromatic rings. The molecule has 0 fully saturated rings. The van der Waals surface area contributed by atoms with E-state index in [1.165, 1.54) is 0 Å². The third-order valence-electron chi connectivity index (χ3n) is 3.74. The molecule has 0 saturated heterocycles. The Labute approximate surface area is 147 Å². The standard InChI is InChI=1S/C18H23ClN2OS/c1-12(2)17(14-6-8-15(19)9-7-14)21-13(3)18(22)20-11-16-5-4-10-23-16/h4-10,12-13,17,21H,11H2,1-3H3,(H,20,22)/t13-,17+/m0/s1. The van der Waals surface area contributed by atoms with Crippen molar-refractivity contribution in [2.24, 2.45) is 5.92 Å². The highest BCUT2D eigenvalue weighted by atomic mass is 35.5. The minimum absolute atomic E-state index is 0.0120. The Kier molecular flexibility index (Phi) is 6.63. The lowest BCUT2D eigenvalue weighted by Gasteiger charge is -2.26. The average Bonchev–Trinajstić information content (AvgIpc) is 3.04. The molecule has 23 heavy (non-hydrogen) atoms. The first-order chi connectivity index (χ1) is 11.0. The summed E-state index contributed by atoms with van der Waals surface area (Å²) in [7, 11) is 0. The Morgan fingerprint density at radius 2 is 1.87 bits per heavy atom. The summed E-state index contributed by atoms with van der Waals surface area (Å²) in [4.78, 5) is 13.4. The molecule has 0 unspecified atom stereocenters. The second kappa shape index (κ2) is 8.48.